The van der Waals surface area contributed by atoms with Crippen molar-refractivity contribution >= 4 is 15.9 Å². The first-order chi connectivity index (χ1) is 9.10. The van der Waals surface area contributed by atoms with E-state index in [-0.39, 0.29) is 5.82 Å². The minimum atomic E-state index is -0.343. The third-order valence-corrected chi connectivity index (χ3v) is 3.47. The Morgan fingerprint density at radius 3 is 2.37 bits per heavy atom. The standard InChI is InChI=1S/C15H15BrFNO/c1-10-3-12(6-16)4-11(2)15(10)19-9-13-5-14(17)8-18-7-13/h3-5,7-8H,6,9H2,1-2H3. The third-order valence-electron chi connectivity index (χ3n) is 2.82. The van der Waals surface area contributed by atoms with E-state index < -0.39 is 0 Å². The van der Waals surface area contributed by atoms with Gasteiger partial charge in [-0.15, -0.1) is 0 Å². The van der Waals surface area contributed by atoms with Gasteiger partial charge in [-0.05, 0) is 36.6 Å². The smallest absolute Gasteiger partial charge is 0.141 e. The van der Waals surface area contributed by atoms with Crippen molar-refractivity contribution in [2.75, 3.05) is 0 Å². The number of rotatable bonds is 4. The molecule has 0 atom stereocenters. The van der Waals surface area contributed by atoms with Crippen LogP contribution in [0.3, 0.4) is 0 Å². The number of nitrogens with zero attached hydrogens (tertiary/aromatic N) is 1. The molecule has 0 N–H and O–H groups in total. The molecule has 4 heteroatoms. The maximum Gasteiger partial charge on any atom is 0.141 e. The minimum absolute atomic E-state index is 0.320. The summed E-state index contributed by atoms with van der Waals surface area (Å²) < 4.78 is 18.8. The van der Waals surface area contributed by atoms with Gasteiger partial charge >= 0.3 is 0 Å². The monoisotopic (exact) mass is 323 g/mol. The van der Waals surface area contributed by atoms with E-state index in [0.717, 1.165) is 27.8 Å². The molecule has 0 radical (unpaired) electrons. The quantitative estimate of drug-likeness (QED) is 0.782. The number of aryl methyl sites for hydroxylation is 2. The molecular weight excluding hydrogens is 309 g/mol. The summed E-state index contributed by atoms with van der Waals surface area (Å²) in [5.74, 6) is 0.512. The number of alkyl halides is 1. The molecule has 100 valence electrons. The summed E-state index contributed by atoms with van der Waals surface area (Å²) in [5, 5.41) is 0.822. The van der Waals surface area contributed by atoms with E-state index in [4.69, 9.17) is 4.74 Å². The second-order valence-corrected chi connectivity index (χ2v) is 5.05. The lowest BCUT2D eigenvalue weighted by atomic mass is 10.1. The number of hydrogen-bond acceptors (Lipinski definition) is 2. The van der Waals surface area contributed by atoms with Crippen LogP contribution >= 0.6 is 15.9 Å². The Bertz CT molecular complexity index is 563. The highest BCUT2D eigenvalue weighted by Gasteiger charge is 2.07. The van der Waals surface area contributed by atoms with Crippen LogP contribution in [0.15, 0.2) is 30.6 Å². The first kappa shape index (κ1) is 14.0. The predicted molar refractivity (Wildman–Crippen MR) is 77.1 cm³/mol. The maximum absolute atomic E-state index is 13.0. The summed E-state index contributed by atoms with van der Waals surface area (Å²) in [6.45, 7) is 4.34. The van der Waals surface area contributed by atoms with Crippen LogP contribution in [0.4, 0.5) is 4.39 Å². The van der Waals surface area contributed by atoms with Gasteiger partial charge in [0.05, 0.1) is 6.20 Å². The molecule has 0 aliphatic carbocycles. The van der Waals surface area contributed by atoms with Crippen LogP contribution in [-0.4, -0.2) is 4.98 Å². The fourth-order valence-electron chi connectivity index (χ4n) is 2.04. The highest BCUT2D eigenvalue weighted by Crippen LogP contribution is 2.26. The van der Waals surface area contributed by atoms with Crippen LogP contribution in [0.5, 0.6) is 5.75 Å². The number of aromatic nitrogens is 1. The van der Waals surface area contributed by atoms with Gasteiger partial charge in [0.2, 0.25) is 0 Å². The molecule has 0 aliphatic rings. The molecule has 19 heavy (non-hydrogen) atoms. The van der Waals surface area contributed by atoms with Crippen molar-refractivity contribution in [1.29, 1.82) is 0 Å². The van der Waals surface area contributed by atoms with Crippen LogP contribution in [0.25, 0.3) is 0 Å². The van der Waals surface area contributed by atoms with Crippen LogP contribution in [0.1, 0.15) is 22.3 Å². The molecule has 0 unspecified atom stereocenters. The van der Waals surface area contributed by atoms with E-state index in [0.29, 0.717) is 6.61 Å². The van der Waals surface area contributed by atoms with Crippen LogP contribution in [0, 0.1) is 19.7 Å². The molecule has 1 heterocycles. The van der Waals surface area contributed by atoms with E-state index in [1.54, 1.807) is 6.20 Å². The minimum Gasteiger partial charge on any atom is -0.488 e. The van der Waals surface area contributed by atoms with E-state index in [1.807, 2.05) is 13.8 Å². The topological polar surface area (TPSA) is 22.1 Å². The Kier molecular flexibility index (Phi) is 4.53. The number of ether oxygens (including phenoxy) is 1. The molecule has 0 fully saturated rings. The Balaban J connectivity index is 2.16. The van der Waals surface area contributed by atoms with Gasteiger partial charge in [-0.25, -0.2) is 4.39 Å². The molecule has 1 aromatic carbocycles. The van der Waals surface area contributed by atoms with Gasteiger partial charge in [0.15, 0.2) is 0 Å². The average molecular weight is 324 g/mol. The van der Waals surface area contributed by atoms with E-state index >= 15 is 0 Å². The molecule has 0 aliphatic heterocycles. The molecule has 2 aromatic rings. The van der Waals surface area contributed by atoms with Gasteiger partial charge in [-0.1, -0.05) is 28.1 Å². The Labute approximate surface area is 120 Å². The average Bonchev–Trinajstić information content (AvgIpc) is 2.37. The molecular formula is C15H15BrFNO. The molecule has 2 nitrogen and oxygen atoms in total. The fourth-order valence-corrected chi connectivity index (χ4v) is 2.36. The molecule has 0 saturated carbocycles. The Morgan fingerprint density at radius 2 is 1.79 bits per heavy atom. The molecule has 0 amide bonds. The summed E-state index contributed by atoms with van der Waals surface area (Å²) in [4.78, 5) is 3.81. The first-order valence-electron chi connectivity index (χ1n) is 5.98. The largest absolute Gasteiger partial charge is 0.488 e. The zero-order valence-corrected chi connectivity index (χ0v) is 12.5. The zero-order chi connectivity index (χ0) is 13.8. The fraction of sp³-hybridized carbons (Fsp3) is 0.267. The SMILES string of the molecule is Cc1cc(CBr)cc(C)c1OCc1cncc(F)c1. The van der Waals surface area contributed by atoms with Crippen molar-refractivity contribution in [3.05, 3.63) is 58.7 Å². The number of pyridine rings is 1. The number of hydrogen-bond donors (Lipinski definition) is 0. The van der Waals surface area contributed by atoms with Crippen molar-refractivity contribution < 1.29 is 9.13 Å². The normalized spacial score (nSPS) is 10.5. The van der Waals surface area contributed by atoms with Gasteiger partial charge in [0.1, 0.15) is 18.2 Å². The third kappa shape index (κ3) is 3.53. The van der Waals surface area contributed by atoms with Gasteiger partial charge in [-0.2, -0.15) is 0 Å². The highest BCUT2D eigenvalue weighted by molar-refractivity contribution is 9.08. The van der Waals surface area contributed by atoms with Crippen molar-refractivity contribution in [2.24, 2.45) is 0 Å². The highest BCUT2D eigenvalue weighted by atomic mass is 79.9. The van der Waals surface area contributed by atoms with Gasteiger partial charge in [0.25, 0.3) is 0 Å². The van der Waals surface area contributed by atoms with E-state index in [2.05, 4.69) is 33.0 Å². The molecule has 0 bridgehead atoms. The lowest BCUT2D eigenvalue weighted by Gasteiger charge is -2.13. The number of benzene rings is 1. The van der Waals surface area contributed by atoms with E-state index in [1.165, 1.54) is 17.8 Å². The van der Waals surface area contributed by atoms with Crippen LogP contribution < -0.4 is 4.74 Å². The van der Waals surface area contributed by atoms with Crippen molar-refractivity contribution in [3.63, 3.8) is 0 Å². The Morgan fingerprint density at radius 1 is 1.11 bits per heavy atom. The van der Waals surface area contributed by atoms with Gasteiger partial charge in [0, 0.05) is 17.1 Å². The van der Waals surface area contributed by atoms with Crippen molar-refractivity contribution in [3.8, 4) is 5.75 Å². The summed E-state index contributed by atoms with van der Waals surface area (Å²) >= 11 is 3.44. The van der Waals surface area contributed by atoms with Gasteiger partial charge in [-0.3, -0.25) is 4.98 Å². The van der Waals surface area contributed by atoms with Gasteiger partial charge < -0.3 is 4.74 Å². The summed E-state index contributed by atoms with van der Waals surface area (Å²) in [5.41, 5.74) is 4.11. The predicted octanol–water partition coefficient (Wildman–Crippen LogP) is 4.31. The lowest BCUT2D eigenvalue weighted by Crippen LogP contribution is -2.00. The maximum atomic E-state index is 13.0. The molecule has 2 rings (SSSR count). The molecule has 0 spiro atoms. The second-order valence-electron chi connectivity index (χ2n) is 4.49. The van der Waals surface area contributed by atoms with E-state index in [9.17, 15) is 4.39 Å². The van der Waals surface area contributed by atoms with Crippen LogP contribution in [0.2, 0.25) is 0 Å². The zero-order valence-electron chi connectivity index (χ0n) is 10.9. The summed E-state index contributed by atoms with van der Waals surface area (Å²) in [6, 6.07) is 5.60. The second kappa shape index (κ2) is 6.15. The number of halogens is 2. The van der Waals surface area contributed by atoms with Crippen LogP contribution in [-0.2, 0) is 11.9 Å². The van der Waals surface area contributed by atoms with Crippen molar-refractivity contribution in [1.82, 2.24) is 4.98 Å². The van der Waals surface area contributed by atoms with Crippen molar-refractivity contribution in [2.45, 2.75) is 25.8 Å². The molecule has 0 saturated heterocycles. The first-order valence-corrected chi connectivity index (χ1v) is 7.10. The Hall–Kier alpha value is -1.42. The summed E-state index contributed by atoms with van der Waals surface area (Å²) in [6.07, 6.45) is 2.80. The lowest BCUT2D eigenvalue weighted by molar-refractivity contribution is 0.300. The summed E-state index contributed by atoms with van der Waals surface area (Å²) in [7, 11) is 0. The molecule has 1 aromatic heterocycles.